The zero-order valence-electron chi connectivity index (χ0n) is 6.40. The van der Waals surface area contributed by atoms with Crippen LogP contribution in [0.5, 0.6) is 0 Å². The summed E-state index contributed by atoms with van der Waals surface area (Å²) in [7, 11) is 1.00. The van der Waals surface area contributed by atoms with Gasteiger partial charge in [-0.1, -0.05) is 0 Å². The molecule has 0 fully saturated rings. The second-order valence-corrected chi connectivity index (χ2v) is 0. The fourth-order valence-electron chi connectivity index (χ4n) is 0. The molecule has 0 atom stereocenters. The van der Waals surface area contributed by atoms with Gasteiger partial charge in [0, 0.05) is 28.2 Å². The zero-order chi connectivity index (χ0) is 12.0. The van der Waals surface area contributed by atoms with Crippen molar-refractivity contribution >= 4 is 0 Å². The van der Waals surface area contributed by atoms with E-state index in [9.17, 15) is 0 Å². The number of aliphatic hydroxyl groups excluding tert-OH is 1. The molecule has 0 rings (SSSR count). The Morgan fingerprint density at radius 1 is 0.538 bits per heavy atom. The topological polar surface area (TPSA) is 120 Å². The molecule has 0 aromatic heterocycles. The van der Waals surface area contributed by atoms with Crippen molar-refractivity contribution in [3.8, 4) is 0 Å². The summed E-state index contributed by atoms with van der Waals surface area (Å²) >= 11 is 0. The van der Waals surface area contributed by atoms with Gasteiger partial charge in [-0.25, -0.2) is 0 Å². The average molecular weight is 356 g/mol. The van der Waals surface area contributed by atoms with E-state index in [-0.39, 0.29) is 21.1 Å². The minimum atomic E-state index is 0. The van der Waals surface area contributed by atoms with E-state index in [1.165, 1.54) is 0 Å². The van der Waals surface area contributed by atoms with Crippen LogP contribution in [0.15, 0.2) is 0 Å². The van der Waals surface area contributed by atoms with Gasteiger partial charge in [-0.15, -0.1) is 0 Å². The monoisotopic (exact) mass is 356 g/mol. The van der Waals surface area contributed by atoms with Gasteiger partial charge in [0.15, 0.2) is 0 Å². The Hall–Kier alpha value is -0.652. The molecule has 0 heterocycles. The predicted molar refractivity (Wildman–Crippen MR) is 27.8 cm³/mol. The maximum Gasteiger partial charge on any atom is 0 e. The summed E-state index contributed by atoms with van der Waals surface area (Å²) in [4.78, 5) is 0. The molecule has 0 radical (unpaired) electrons. The summed E-state index contributed by atoms with van der Waals surface area (Å²) in [5.41, 5.74) is 0. The van der Waals surface area contributed by atoms with Crippen LogP contribution >= 0.6 is 0 Å². The Morgan fingerprint density at radius 3 is 0.538 bits per heavy atom. The Morgan fingerprint density at radius 2 is 0.538 bits per heavy atom. The molecule has 0 saturated carbocycles. The molecule has 0 spiro atoms. The van der Waals surface area contributed by atoms with E-state index in [0.29, 0.717) is 0 Å². The first kappa shape index (κ1) is 55.6. The van der Waals surface area contributed by atoms with Crippen molar-refractivity contribution in [2.45, 2.75) is 0 Å². The number of aliphatic hydroxyl groups is 1. The van der Waals surface area contributed by atoms with Crippen molar-refractivity contribution in [1.82, 2.24) is 0 Å². The maximum absolute atomic E-state index is 7.50. The third kappa shape index (κ3) is 2340. The molecule has 6 nitrogen and oxygen atoms in total. The third-order valence-electron chi connectivity index (χ3n) is 0. The summed E-state index contributed by atoms with van der Waals surface area (Å²) in [6.07, 6.45) is 0. The van der Waals surface area contributed by atoms with E-state index >= 15 is 0 Å². The Balaban J connectivity index is -0.00000000655. The first-order valence-electron chi connectivity index (χ1n) is 1.47. The molecule has 0 unspecified atom stereocenters. The van der Waals surface area contributed by atoms with Gasteiger partial charge in [0.1, 0.15) is 0 Å². The molecule has 13 heavy (non-hydrogen) atoms. The van der Waals surface area contributed by atoms with Crippen LogP contribution in [0.3, 0.4) is 0 Å². The standard InChI is InChI=1S/CH4O.5CO.W/c6*1-2;/h2H,1H3;;;;;;. The van der Waals surface area contributed by atoms with E-state index in [1.807, 2.05) is 0 Å². The van der Waals surface area contributed by atoms with Crippen molar-refractivity contribution in [2.24, 2.45) is 0 Å². The third-order valence-corrected chi connectivity index (χ3v) is 0. The Kier molecular flexibility index (Phi) is 12200. The zero-order valence-corrected chi connectivity index (χ0v) is 9.33. The van der Waals surface area contributed by atoms with Crippen molar-refractivity contribution in [1.29, 1.82) is 0 Å². The Labute approximate surface area is 90.2 Å². The van der Waals surface area contributed by atoms with E-state index in [1.54, 1.807) is 0 Å². The average Bonchev–Trinajstić information content (AvgIpc) is 2.33. The molecule has 0 aliphatic rings. The van der Waals surface area contributed by atoms with Crippen molar-refractivity contribution in [2.75, 3.05) is 7.11 Å². The smallest absolute Gasteiger partial charge is 0 e. The molecule has 0 aromatic carbocycles. The molecule has 0 aliphatic heterocycles. The summed E-state index contributed by atoms with van der Waals surface area (Å²) in [5, 5.41) is 7.00. The minimum absolute atomic E-state index is 0. The second kappa shape index (κ2) is 2860. The van der Waals surface area contributed by atoms with Gasteiger partial charge in [-0.3, -0.25) is 0 Å². The van der Waals surface area contributed by atoms with Crippen LogP contribution in [0.2, 0.25) is 0 Å². The van der Waals surface area contributed by atoms with E-state index in [0.717, 1.165) is 7.11 Å². The van der Waals surface area contributed by atoms with Crippen LogP contribution < -0.4 is 0 Å². The first-order valence-corrected chi connectivity index (χ1v) is 1.47. The van der Waals surface area contributed by atoms with Crippen molar-refractivity contribution in [3.63, 3.8) is 0 Å². The van der Waals surface area contributed by atoms with Gasteiger partial charge >= 0.3 is 56.5 Å². The summed E-state index contributed by atoms with van der Waals surface area (Å²) < 4.78 is 37.5. The minimum Gasteiger partial charge on any atom is 0 e. The fraction of sp³-hybridized carbons (Fsp3) is 0.167. The van der Waals surface area contributed by atoms with E-state index in [2.05, 4.69) is 33.3 Å². The quantitative estimate of drug-likeness (QED) is 0.453. The fourth-order valence-corrected chi connectivity index (χ4v) is 0. The van der Waals surface area contributed by atoms with E-state index in [4.69, 9.17) is 28.4 Å². The van der Waals surface area contributed by atoms with Crippen LogP contribution in [-0.4, -0.2) is 12.2 Å². The molecule has 0 aromatic rings. The van der Waals surface area contributed by atoms with E-state index < -0.39 is 0 Å². The van der Waals surface area contributed by atoms with Gasteiger partial charge in [0.05, 0.1) is 0 Å². The number of rotatable bonds is 0. The van der Waals surface area contributed by atoms with Crippen molar-refractivity contribution in [3.05, 3.63) is 33.3 Å². The molecule has 0 aliphatic carbocycles. The Bertz CT molecular complexity index is 75.7. The SMILES string of the molecule is CO.[C-]#[O+].[C-]#[O+].[C-]#[O+].[C-]#[O+].[C-]#[O+].[W]. The van der Waals surface area contributed by atoms with Crippen molar-refractivity contribution < 1.29 is 49.4 Å². The summed E-state index contributed by atoms with van der Waals surface area (Å²) in [6.45, 7) is 22.5. The first-order chi connectivity index (χ1) is 6.00. The summed E-state index contributed by atoms with van der Waals surface area (Å²) in [6, 6.07) is 0. The van der Waals surface area contributed by atoms with Crippen LogP contribution in [0.25, 0.3) is 0 Å². The number of hydrogen-bond donors (Lipinski definition) is 1. The molecule has 0 amide bonds. The molecular formula is C6H4O6W. The van der Waals surface area contributed by atoms with Crippen LogP contribution in [0.4, 0.5) is 0 Å². The van der Waals surface area contributed by atoms with Crippen LogP contribution in [0, 0.1) is 33.3 Å². The molecule has 70 valence electrons. The largest absolute Gasteiger partial charge is 0 e. The molecule has 1 N–H and O–H groups in total. The molecule has 0 bridgehead atoms. The summed E-state index contributed by atoms with van der Waals surface area (Å²) in [5.74, 6) is 0. The van der Waals surface area contributed by atoms with Gasteiger partial charge in [0.25, 0.3) is 0 Å². The molecule has 7 heteroatoms. The van der Waals surface area contributed by atoms with Gasteiger partial charge < -0.3 is 5.11 Å². The van der Waals surface area contributed by atoms with Crippen LogP contribution in [-0.2, 0) is 44.3 Å². The maximum atomic E-state index is 7.50. The van der Waals surface area contributed by atoms with Crippen LogP contribution in [0.1, 0.15) is 0 Å². The second-order valence-electron chi connectivity index (χ2n) is 0. The predicted octanol–water partition coefficient (Wildman–Crippen LogP) is -0.582. The number of hydrogen-bond acceptors (Lipinski definition) is 1. The molecule has 0 saturated heterocycles. The van der Waals surface area contributed by atoms with Gasteiger partial charge in [-0.2, -0.15) is 0 Å². The van der Waals surface area contributed by atoms with Gasteiger partial charge in [0.2, 0.25) is 0 Å². The molecular weight excluding hydrogens is 352 g/mol. The van der Waals surface area contributed by atoms with Gasteiger partial charge in [-0.05, 0) is 0 Å². The normalized spacial score (nSPS) is 1.23.